The quantitative estimate of drug-likeness (QED) is 0.599. The van der Waals surface area contributed by atoms with Gasteiger partial charge in [0.1, 0.15) is 5.65 Å². The first-order valence-corrected chi connectivity index (χ1v) is 5.35. The summed E-state index contributed by atoms with van der Waals surface area (Å²) in [4.78, 5) is 4.42. The molecular weight excluding hydrogens is 196 g/mol. The van der Waals surface area contributed by atoms with E-state index >= 15 is 0 Å². The van der Waals surface area contributed by atoms with E-state index in [1.807, 2.05) is 36.5 Å². The number of aromatic nitrogens is 2. The highest BCUT2D eigenvalue weighted by atomic mass is 15.0. The van der Waals surface area contributed by atoms with Crippen LogP contribution in [0.2, 0.25) is 0 Å². The second-order valence-corrected chi connectivity index (χ2v) is 3.87. The summed E-state index contributed by atoms with van der Waals surface area (Å²) in [7, 11) is 0. The highest BCUT2D eigenvalue weighted by molar-refractivity contribution is 5.64. The molecule has 2 heteroatoms. The molecular formula is C14H12N2. The Morgan fingerprint density at radius 2 is 1.75 bits per heavy atom. The molecule has 2 heterocycles. The fraction of sp³-hybridized carbons (Fsp3) is 0.0714. The number of hydrogen-bond donors (Lipinski definition) is 0. The van der Waals surface area contributed by atoms with Crippen molar-refractivity contribution in [2.75, 3.05) is 0 Å². The molecule has 3 rings (SSSR count). The van der Waals surface area contributed by atoms with Crippen LogP contribution in [0.15, 0.2) is 54.7 Å². The molecule has 0 amide bonds. The Bertz CT molecular complexity index is 624. The molecule has 2 nitrogen and oxygen atoms in total. The summed E-state index contributed by atoms with van der Waals surface area (Å²) in [5.41, 5.74) is 4.55. The molecule has 0 atom stereocenters. The second-order valence-electron chi connectivity index (χ2n) is 3.87. The van der Waals surface area contributed by atoms with Gasteiger partial charge < -0.3 is 0 Å². The van der Waals surface area contributed by atoms with Crippen molar-refractivity contribution in [3.63, 3.8) is 0 Å². The predicted octanol–water partition coefficient (Wildman–Crippen LogP) is 3.31. The summed E-state index contributed by atoms with van der Waals surface area (Å²) in [6, 6.07) is 16.5. The highest BCUT2D eigenvalue weighted by Crippen LogP contribution is 2.21. The van der Waals surface area contributed by atoms with E-state index < -0.39 is 0 Å². The van der Waals surface area contributed by atoms with Crippen molar-refractivity contribution in [1.29, 1.82) is 0 Å². The molecule has 0 aliphatic carbocycles. The minimum atomic E-state index is 0.999. The topological polar surface area (TPSA) is 17.3 Å². The van der Waals surface area contributed by atoms with E-state index in [1.54, 1.807) is 0 Å². The van der Waals surface area contributed by atoms with Crippen molar-refractivity contribution >= 4 is 5.65 Å². The smallest absolute Gasteiger partial charge is 0.137 e. The number of nitrogens with zero attached hydrogens (tertiary/aromatic N) is 2. The van der Waals surface area contributed by atoms with E-state index in [9.17, 15) is 0 Å². The number of fused-ring (bicyclic) bond motifs is 1. The third kappa shape index (κ3) is 1.31. The normalized spacial score (nSPS) is 10.8. The lowest BCUT2D eigenvalue weighted by Gasteiger charge is -2.04. The Balaban J connectivity index is 2.33. The molecule has 0 spiro atoms. The number of imidazole rings is 1. The fourth-order valence-electron chi connectivity index (χ4n) is 2.01. The van der Waals surface area contributed by atoms with Crippen LogP contribution in [0.4, 0.5) is 0 Å². The zero-order valence-corrected chi connectivity index (χ0v) is 9.09. The van der Waals surface area contributed by atoms with Gasteiger partial charge in [0.05, 0.1) is 11.9 Å². The molecule has 0 unspecified atom stereocenters. The van der Waals surface area contributed by atoms with Gasteiger partial charge in [0.15, 0.2) is 0 Å². The van der Waals surface area contributed by atoms with Crippen LogP contribution in [0.5, 0.6) is 0 Å². The minimum absolute atomic E-state index is 0.999. The van der Waals surface area contributed by atoms with Crippen molar-refractivity contribution in [2.45, 2.75) is 6.92 Å². The maximum atomic E-state index is 4.42. The lowest BCUT2D eigenvalue weighted by Crippen LogP contribution is -1.92. The predicted molar refractivity (Wildman–Crippen MR) is 65.4 cm³/mol. The largest absolute Gasteiger partial charge is 0.297 e. The summed E-state index contributed by atoms with van der Waals surface area (Å²) in [6.45, 7) is 2.10. The van der Waals surface area contributed by atoms with Crippen LogP contribution < -0.4 is 0 Å². The minimum Gasteiger partial charge on any atom is -0.297 e. The molecule has 0 radical (unpaired) electrons. The first-order chi connectivity index (χ1) is 7.86. The first-order valence-electron chi connectivity index (χ1n) is 5.35. The average molecular weight is 208 g/mol. The van der Waals surface area contributed by atoms with Gasteiger partial charge in [0, 0.05) is 11.3 Å². The van der Waals surface area contributed by atoms with Crippen molar-refractivity contribution in [2.24, 2.45) is 0 Å². The lowest BCUT2D eigenvalue weighted by atomic mass is 10.2. The molecule has 0 aliphatic rings. The molecule has 2 aromatic heterocycles. The van der Waals surface area contributed by atoms with Crippen LogP contribution in [0.3, 0.4) is 0 Å². The SMILES string of the molecule is Cc1cccc2ncc(-c3ccccc3)n12. The molecule has 3 aromatic rings. The molecule has 1 aromatic carbocycles. The van der Waals surface area contributed by atoms with Crippen molar-refractivity contribution < 1.29 is 0 Å². The average Bonchev–Trinajstić information content (AvgIpc) is 2.75. The third-order valence-corrected chi connectivity index (χ3v) is 2.79. The molecule has 0 saturated heterocycles. The van der Waals surface area contributed by atoms with E-state index in [0.717, 1.165) is 11.3 Å². The fourth-order valence-corrected chi connectivity index (χ4v) is 2.01. The Kier molecular flexibility index (Phi) is 2.00. The van der Waals surface area contributed by atoms with Crippen LogP contribution in [0.25, 0.3) is 16.9 Å². The lowest BCUT2D eigenvalue weighted by molar-refractivity contribution is 1.10. The van der Waals surface area contributed by atoms with Gasteiger partial charge in [-0.2, -0.15) is 0 Å². The number of pyridine rings is 1. The summed E-state index contributed by atoms with van der Waals surface area (Å²) in [5, 5.41) is 0. The maximum Gasteiger partial charge on any atom is 0.137 e. The van der Waals surface area contributed by atoms with Crippen molar-refractivity contribution in [3.8, 4) is 11.3 Å². The number of benzene rings is 1. The third-order valence-electron chi connectivity index (χ3n) is 2.79. The zero-order valence-electron chi connectivity index (χ0n) is 9.09. The van der Waals surface area contributed by atoms with Crippen LogP contribution >= 0.6 is 0 Å². The molecule has 0 aliphatic heterocycles. The molecule has 78 valence electrons. The number of hydrogen-bond acceptors (Lipinski definition) is 1. The first kappa shape index (κ1) is 9.16. The van der Waals surface area contributed by atoms with Crippen LogP contribution in [0.1, 0.15) is 5.69 Å². The second kappa shape index (κ2) is 3.49. The van der Waals surface area contributed by atoms with E-state index in [2.05, 4.69) is 34.5 Å². The summed E-state index contributed by atoms with van der Waals surface area (Å²) >= 11 is 0. The Morgan fingerprint density at radius 3 is 2.56 bits per heavy atom. The van der Waals surface area contributed by atoms with E-state index in [0.29, 0.717) is 0 Å². The summed E-state index contributed by atoms with van der Waals surface area (Å²) in [5.74, 6) is 0. The summed E-state index contributed by atoms with van der Waals surface area (Å²) < 4.78 is 2.18. The van der Waals surface area contributed by atoms with E-state index in [-0.39, 0.29) is 0 Å². The molecule has 0 N–H and O–H groups in total. The van der Waals surface area contributed by atoms with Gasteiger partial charge >= 0.3 is 0 Å². The highest BCUT2D eigenvalue weighted by Gasteiger charge is 2.06. The monoisotopic (exact) mass is 208 g/mol. The standard InChI is InChI=1S/C14H12N2/c1-11-6-5-9-14-15-10-13(16(11)14)12-7-3-2-4-8-12/h2-10H,1H3. The number of rotatable bonds is 1. The van der Waals surface area contributed by atoms with Crippen LogP contribution in [-0.2, 0) is 0 Å². The van der Waals surface area contributed by atoms with Gasteiger partial charge in [-0.1, -0.05) is 36.4 Å². The van der Waals surface area contributed by atoms with Crippen LogP contribution in [-0.4, -0.2) is 9.38 Å². The van der Waals surface area contributed by atoms with Gasteiger partial charge in [0.2, 0.25) is 0 Å². The zero-order chi connectivity index (χ0) is 11.0. The molecule has 0 fully saturated rings. The van der Waals surface area contributed by atoms with Crippen molar-refractivity contribution in [1.82, 2.24) is 9.38 Å². The van der Waals surface area contributed by atoms with Crippen LogP contribution in [0, 0.1) is 6.92 Å². The van der Waals surface area contributed by atoms with Gasteiger partial charge in [-0.3, -0.25) is 4.40 Å². The Hall–Kier alpha value is -2.09. The Morgan fingerprint density at radius 1 is 0.938 bits per heavy atom. The summed E-state index contributed by atoms with van der Waals surface area (Å²) in [6.07, 6.45) is 1.93. The maximum absolute atomic E-state index is 4.42. The van der Waals surface area contributed by atoms with Gasteiger partial charge in [0.25, 0.3) is 0 Å². The van der Waals surface area contributed by atoms with E-state index in [4.69, 9.17) is 0 Å². The number of aryl methyl sites for hydroxylation is 1. The molecule has 0 bridgehead atoms. The van der Waals surface area contributed by atoms with E-state index in [1.165, 1.54) is 11.3 Å². The van der Waals surface area contributed by atoms with Gasteiger partial charge in [-0.05, 0) is 19.1 Å². The van der Waals surface area contributed by atoms with Gasteiger partial charge in [-0.15, -0.1) is 0 Å². The van der Waals surface area contributed by atoms with Gasteiger partial charge in [-0.25, -0.2) is 4.98 Å². The molecule has 0 saturated carbocycles. The molecule has 16 heavy (non-hydrogen) atoms. The van der Waals surface area contributed by atoms with Crippen molar-refractivity contribution in [3.05, 3.63) is 60.4 Å². The Labute approximate surface area is 94.2 Å².